The molecule has 0 aliphatic heterocycles. The van der Waals surface area contributed by atoms with Crippen molar-refractivity contribution < 1.29 is 5.11 Å². The predicted octanol–water partition coefficient (Wildman–Crippen LogP) is 3.66. The van der Waals surface area contributed by atoms with Crippen LogP contribution in [0.4, 0.5) is 0 Å². The molecular weight excluding hydrogens is 258 g/mol. The van der Waals surface area contributed by atoms with E-state index in [-0.39, 0.29) is 5.41 Å². The molecule has 2 nitrogen and oxygen atoms in total. The molecule has 0 spiro atoms. The molecule has 1 rings (SSSR count). The van der Waals surface area contributed by atoms with E-state index in [1.54, 1.807) is 0 Å². The predicted molar refractivity (Wildman–Crippen MR) is 90.0 cm³/mol. The molecule has 1 unspecified atom stereocenters. The van der Waals surface area contributed by atoms with Crippen LogP contribution in [-0.4, -0.2) is 29.6 Å². The van der Waals surface area contributed by atoms with Crippen molar-refractivity contribution in [3.8, 4) is 11.8 Å². The maximum Gasteiger partial charge on any atom is 0.105 e. The topological polar surface area (TPSA) is 23.5 Å². The quantitative estimate of drug-likeness (QED) is 0.836. The third-order valence-corrected chi connectivity index (χ3v) is 4.16. The fourth-order valence-corrected chi connectivity index (χ4v) is 2.32. The second kappa shape index (κ2) is 7.64. The monoisotopic (exact) mass is 287 g/mol. The first-order valence-corrected chi connectivity index (χ1v) is 7.81. The second-order valence-corrected chi connectivity index (χ2v) is 6.47. The van der Waals surface area contributed by atoms with Gasteiger partial charge in [-0.05, 0) is 24.1 Å². The lowest BCUT2D eigenvalue weighted by Gasteiger charge is -2.39. The van der Waals surface area contributed by atoms with Gasteiger partial charge in [0.05, 0.1) is 6.54 Å². The minimum absolute atomic E-state index is 0.266. The molecule has 1 N–H and O–H groups in total. The molecule has 0 saturated heterocycles. The summed E-state index contributed by atoms with van der Waals surface area (Å²) in [6, 6.07) is 9.87. The van der Waals surface area contributed by atoms with Crippen LogP contribution in [0.15, 0.2) is 30.3 Å². The second-order valence-electron chi connectivity index (χ2n) is 6.47. The summed E-state index contributed by atoms with van der Waals surface area (Å²) in [4.78, 5) is 2.27. The Hall–Kier alpha value is -1.30. The van der Waals surface area contributed by atoms with Gasteiger partial charge in [0.15, 0.2) is 0 Å². The first-order chi connectivity index (χ1) is 9.85. The Morgan fingerprint density at radius 3 is 2.05 bits per heavy atom. The van der Waals surface area contributed by atoms with Gasteiger partial charge >= 0.3 is 0 Å². The highest BCUT2D eigenvalue weighted by atomic mass is 16.3. The van der Waals surface area contributed by atoms with E-state index in [1.165, 1.54) is 0 Å². The summed E-state index contributed by atoms with van der Waals surface area (Å²) in [7, 11) is 0. The smallest absolute Gasteiger partial charge is 0.105 e. The van der Waals surface area contributed by atoms with Crippen molar-refractivity contribution in [2.24, 2.45) is 5.41 Å². The number of rotatable bonds is 5. The first kappa shape index (κ1) is 17.8. The van der Waals surface area contributed by atoms with E-state index >= 15 is 0 Å². The fraction of sp³-hybridized carbons (Fsp3) is 0.579. The third kappa shape index (κ3) is 4.59. The largest absolute Gasteiger partial charge is 0.384 e. The zero-order valence-corrected chi connectivity index (χ0v) is 14.1. The van der Waals surface area contributed by atoms with Crippen LogP contribution in [0.2, 0.25) is 0 Å². The van der Waals surface area contributed by atoms with Crippen molar-refractivity contribution in [1.29, 1.82) is 0 Å². The van der Waals surface area contributed by atoms with Crippen LogP contribution in [0.3, 0.4) is 0 Å². The Morgan fingerprint density at radius 2 is 1.57 bits per heavy atom. The Bertz CT molecular complexity index is 474. The molecule has 0 aliphatic rings. The summed E-state index contributed by atoms with van der Waals surface area (Å²) in [6.45, 7) is 13.2. The van der Waals surface area contributed by atoms with Gasteiger partial charge in [-0.25, -0.2) is 0 Å². The average molecular weight is 287 g/mol. The maximum absolute atomic E-state index is 11.2. The third-order valence-electron chi connectivity index (χ3n) is 4.16. The molecule has 0 radical (unpaired) electrons. The molecule has 2 heteroatoms. The molecule has 0 saturated carbocycles. The zero-order chi connectivity index (χ0) is 15.9. The van der Waals surface area contributed by atoms with Gasteiger partial charge in [-0.15, -0.1) is 0 Å². The van der Waals surface area contributed by atoms with Crippen LogP contribution in [-0.2, 0) is 5.60 Å². The molecule has 1 aromatic carbocycles. The molecule has 0 amide bonds. The van der Waals surface area contributed by atoms with Crippen LogP contribution in [0, 0.1) is 17.3 Å². The van der Waals surface area contributed by atoms with Crippen LogP contribution in [0.5, 0.6) is 0 Å². The van der Waals surface area contributed by atoms with Crippen molar-refractivity contribution >= 4 is 0 Å². The Morgan fingerprint density at radius 1 is 1.00 bits per heavy atom. The van der Waals surface area contributed by atoms with Crippen LogP contribution < -0.4 is 0 Å². The molecule has 1 atom stereocenters. The highest BCUT2D eigenvalue weighted by Gasteiger charge is 2.40. The molecule has 0 fully saturated rings. The van der Waals surface area contributed by atoms with Crippen molar-refractivity contribution in [3.05, 3.63) is 35.9 Å². The minimum atomic E-state index is -0.926. The Kier molecular flexibility index (Phi) is 6.45. The molecular formula is C19H29NO. The summed E-state index contributed by atoms with van der Waals surface area (Å²) in [6.07, 6.45) is 0.460. The van der Waals surface area contributed by atoms with Crippen LogP contribution in [0.1, 0.15) is 46.6 Å². The zero-order valence-electron chi connectivity index (χ0n) is 14.1. The number of nitrogens with zero attached hydrogens (tertiary/aromatic N) is 1. The van der Waals surface area contributed by atoms with Gasteiger partial charge in [-0.3, -0.25) is 4.90 Å². The van der Waals surface area contributed by atoms with Gasteiger partial charge in [0, 0.05) is 6.42 Å². The fourth-order valence-electron chi connectivity index (χ4n) is 2.32. The van der Waals surface area contributed by atoms with Gasteiger partial charge in [0.1, 0.15) is 5.60 Å². The van der Waals surface area contributed by atoms with Gasteiger partial charge in [-0.2, -0.15) is 0 Å². The minimum Gasteiger partial charge on any atom is -0.384 e. The number of benzene rings is 1. The Balaban J connectivity index is 2.90. The lowest BCUT2D eigenvalue weighted by atomic mass is 9.70. The van der Waals surface area contributed by atoms with Crippen molar-refractivity contribution in [3.63, 3.8) is 0 Å². The number of hydrogen-bond donors (Lipinski definition) is 1. The van der Waals surface area contributed by atoms with E-state index in [4.69, 9.17) is 0 Å². The lowest BCUT2D eigenvalue weighted by molar-refractivity contribution is -0.0598. The lowest BCUT2D eigenvalue weighted by Crippen LogP contribution is -2.39. The summed E-state index contributed by atoms with van der Waals surface area (Å²) >= 11 is 0. The van der Waals surface area contributed by atoms with Crippen LogP contribution >= 0.6 is 0 Å². The molecule has 21 heavy (non-hydrogen) atoms. The van der Waals surface area contributed by atoms with Crippen LogP contribution in [0.25, 0.3) is 0 Å². The summed E-state index contributed by atoms with van der Waals surface area (Å²) in [5, 5.41) is 11.2. The summed E-state index contributed by atoms with van der Waals surface area (Å²) in [5.74, 6) is 6.39. The van der Waals surface area contributed by atoms with E-state index in [1.807, 2.05) is 30.3 Å². The molecule has 116 valence electrons. The van der Waals surface area contributed by atoms with Gasteiger partial charge in [-0.1, -0.05) is 76.8 Å². The normalized spacial score (nSPS) is 14.4. The first-order valence-electron chi connectivity index (χ1n) is 7.81. The highest BCUT2D eigenvalue weighted by molar-refractivity contribution is 5.27. The molecule has 0 aliphatic carbocycles. The van der Waals surface area contributed by atoms with E-state index in [9.17, 15) is 5.11 Å². The Labute approximate surface area is 130 Å². The maximum atomic E-state index is 11.2. The van der Waals surface area contributed by atoms with Crippen molar-refractivity contribution in [2.45, 2.75) is 46.6 Å². The molecule has 0 aromatic heterocycles. The van der Waals surface area contributed by atoms with Crippen molar-refractivity contribution in [2.75, 3.05) is 19.6 Å². The molecule has 0 heterocycles. The average Bonchev–Trinajstić information content (AvgIpc) is 2.47. The SMILES string of the molecule is CCN(CC)CC#CCC(O)(c1ccccc1)C(C)(C)C. The highest BCUT2D eigenvalue weighted by Crippen LogP contribution is 2.41. The molecule has 0 bridgehead atoms. The van der Waals surface area contributed by atoms with E-state index < -0.39 is 5.60 Å². The van der Waals surface area contributed by atoms with E-state index in [2.05, 4.69) is 51.4 Å². The summed E-state index contributed by atoms with van der Waals surface area (Å²) in [5.41, 5.74) is -0.252. The molecule has 1 aromatic rings. The summed E-state index contributed by atoms with van der Waals surface area (Å²) < 4.78 is 0. The van der Waals surface area contributed by atoms with Gasteiger partial charge in [0.25, 0.3) is 0 Å². The van der Waals surface area contributed by atoms with Crippen molar-refractivity contribution in [1.82, 2.24) is 4.90 Å². The standard InChI is InChI=1S/C19H29NO/c1-6-20(7-2)16-12-11-15-19(21,18(3,4)5)17-13-9-8-10-14-17/h8-10,13-14,21H,6-7,15-16H2,1-5H3. The van der Waals surface area contributed by atoms with Gasteiger partial charge < -0.3 is 5.11 Å². The van der Waals surface area contributed by atoms with Gasteiger partial charge in [0.2, 0.25) is 0 Å². The number of hydrogen-bond acceptors (Lipinski definition) is 2. The number of aliphatic hydroxyl groups is 1. The van der Waals surface area contributed by atoms with E-state index in [0.29, 0.717) is 6.42 Å². The van der Waals surface area contributed by atoms with E-state index in [0.717, 1.165) is 25.2 Å².